The van der Waals surface area contributed by atoms with E-state index in [0.717, 1.165) is 0 Å². The Morgan fingerprint density at radius 3 is 3.00 bits per heavy atom. The van der Waals surface area contributed by atoms with Crippen molar-refractivity contribution in [3.05, 3.63) is 0 Å². The largest absolute Gasteiger partial charge is 0.447 e. The van der Waals surface area contributed by atoms with E-state index in [1.807, 2.05) is 0 Å². The van der Waals surface area contributed by atoms with E-state index in [-0.39, 0.29) is 5.17 Å². The number of hydrogen-bond donors (Lipinski definition) is 1. The first kappa shape index (κ1) is 7.40. The van der Waals surface area contributed by atoms with Gasteiger partial charge < -0.3 is 4.74 Å². The van der Waals surface area contributed by atoms with Crippen molar-refractivity contribution in [3.8, 4) is 0 Å². The maximum Gasteiger partial charge on any atom is 0.416 e. The molecule has 0 aliphatic carbocycles. The molecule has 0 aromatic carbocycles. The topological polar surface area (TPSA) is 53.4 Å². The van der Waals surface area contributed by atoms with Crippen molar-refractivity contribution in [2.45, 2.75) is 0 Å². The summed E-state index contributed by atoms with van der Waals surface area (Å²) >= 11 is 1.23. The first-order valence-corrected chi connectivity index (χ1v) is 4.05. The van der Waals surface area contributed by atoms with E-state index >= 15 is 0 Å². The lowest BCUT2D eigenvalue weighted by molar-refractivity contribution is 0.169. The van der Waals surface area contributed by atoms with Gasteiger partial charge in [0.1, 0.15) is 6.61 Å². The minimum absolute atomic E-state index is 0.252. The minimum atomic E-state index is -0.403. The Morgan fingerprint density at radius 2 is 2.60 bits per heavy atom. The SMILES string of the molecule is CSC(=N)N1CCOC1=O. The van der Waals surface area contributed by atoms with E-state index in [2.05, 4.69) is 4.74 Å². The molecule has 0 bridgehead atoms. The van der Waals surface area contributed by atoms with E-state index in [4.69, 9.17) is 5.41 Å². The average Bonchev–Trinajstić information content (AvgIpc) is 2.34. The van der Waals surface area contributed by atoms with Gasteiger partial charge in [-0.1, -0.05) is 11.8 Å². The van der Waals surface area contributed by atoms with Crippen molar-refractivity contribution in [1.29, 1.82) is 5.41 Å². The molecule has 1 saturated heterocycles. The third-order valence-electron chi connectivity index (χ3n) is 1.20. The molecule has 1 N–H and O–H groups in total. The number of rotatable bonds is 0. The van der Waals surface area contributed by atoms with E-state index < -0.39 is 6.09 Å². The maximum atomic E-state index is 10.7. The van der Waals surface area contributed by atoms with Gasteiger partial charge in [-0.25, -0.2) is 4.79 Å². The molecular formula is C5H8N2O2S. The Labute approximate surface area is 63.0 Å². The molecule has 1 aliphatic heterocycles. The summed E-state index contributed by atoms with van der Waals surface area (Å²) in [6.07, 6.45) is 1.35. The fraction of sp³-hybridized carbons (Fsp3) is 0.600. The minimum Gasteiger partial charge on any atom is -0.447 e. The van der Waals surface area contributed by atoms with Gasteiger partial charge in [0.15, 0.2) is 5.17 Å². The second kappa shape index (κ2) is 2.92. The molecule has 0 atom stereocenters. The van der Waals surface area contributed by atoms with Crippen LogP contribution in [0.1, 0.15) is 0 Å². The second-order valence-electron chi connectivity index (χ2n) is 1.78. The summed E-state index contributed by atoms with van der Waals surface area (Å²) in [6, 6.07) is 0. The lowest BCUT2D eigenvalue weighted by Crippen LogP contribution is -2.28. The van der Waals surface area contributed by atoms with Gasteiger partial charge in [-0.3, -0.25) is 10.3 Å². The van der Waals surface area contributed by atoms with E-state index in [1.54, 1.807) is 6.26 Å². The molecule has 1 aliphatic rings. The van der Waals surface area contributed by atoms with Crippen molar-refractivity contribution < 1.29 is 9.53 Å². The number of ether oxygens (including phenoxy) is 1. The van der Waals surface area contributed by atoms with Crippen LogP contribution in [0.25, 0.3) is 0 Å². The highest BCUT2D eigenvalue weighted by molar-refractivity contribution is 8.13. The molecule has 1 fully saturated rings. The molecule has 1 heterocycles. The van der Waals surface area contributed by atoms with Crippen LogP contribution in [-0.2, 0) is 4.74 Å². The number of nitrogens with one attached hydrogen (secondary N) is 1. The number of carbonyl (C=O) groups excluding carboxylic acids is 1. The first-order valence-electron chi connectivity index (χ1n) is 2.82. The number of hydrogen-bond acceptors (Lipinski definition) is 4. The molecule has 56 valence electrons. The summed E-state index contributed by atoms with van der Waals surface area (Å²) in [4.78, 5) is 12.0. The second-order valence-corrected chi connectivity index (χ2v) is 2.57. The van der Waals surface area contributed by atoms with Crippen molar-refractivity contribution in [1.82, 2.24) is 4.90 Å². The molecule has 1 amide bonds. The highest BCUT2D eigenvalue weighted by Gasteiger charge is 2.24. The Morgan fingerprint density at radius 1 is 1.90 bits per heavy atom. The number of amidine groups is 1. The number of carbonyl (C=O) groups is 1. The van der Waals surface area contributed by atoms with Gasteiger partial charge in [-0.2, -0.15) is 0 Å². The predicted octanol–water partition coefficient (Wildman–Crippen LogP) is 0.736. The summed E-state index contributed by atoms with van der Waals surface area (Å²) in [5.74, 6) is 0. The van der Waals surface area contributed by atoms with Gasteiger partial charge in [0, 0.05) is 0 Å². The van der Waals surface area contributed by atoms with Gasteiger partial charge in [0.05, 0.1) is 6.54 Å². The average molecular weight is 160 g/mol. The summed E-state index contributed by atoms with van der Waals surface area (Å²) in [5, 5.41) is 7.51. The summed E-state index contributed by atoms with van der Waals surface area (Å²) < 4.78 is 4.62. The lowest BCUT2D eigenvalue weighted by Gasteiger charge is -2.09. The third kappa shape index (κ3) is 1.23. The number of thioether (sulfide) groups is 1. The van der Waals surface area contributed by atoms with Crippen molar-refractivity contribution in [3.63, 3.8) is 0 Å². The molecule has 0 saturated carbocycles. The fourth-order valence-corrected chi connectivity index (χ4v) is 1.07. The molecule has 10 heavy (non-hydrogen) atoms. The fourth-order valence-electron chi connectivity index (χ4n) is 0.688. The van der Waals surface area contributed by atoms with Crippen molar-refractivity contribution >= 4 is 23.0 Å². The maximum absolute atomic E-state index is 10.7. The standard InChI is InChI=1S/C5H8N2O2S/c1-10-4(6)7-2-3-9-5(7)8/h6H,2-3H2,1H3. The van der Waals surface area contributed by atoms with Crippen LogP contribution in [0.4, 0.5) is 4.79 Å². The molecular weight excluding hydrogens is 152 g/mol. The zero-order valence-corrected chi connectivity index (χ0v) is 6.40. The van der Waals surface area contributed by atoms with Crippen molar-refractivity contribution in [2.75, 3.05) is 19.4 Å². The van der Waals surface area contributed by atoms with Gasteiger partial charge in [-0.05, 0) is 6.26 Å². The Balaban J connectivity index is 2.55. The van der Waals surface area contributed by atoms with Gasteiger partial charge in [0.2, 0.25) is 0 Å². The molecule has 0 aromatic heterocycles. The molecule has 0 spiro atoms. The Bertz CT molecular complexity index is 171. The van der Waals surface area contributed by atoms with E-state index in [9.17, 15) is 4.79 Å². The van der Waals surface area contributed by atoms with E-state index in [0.29, 0.717) is 13.2 Å². The smallest absolute Gasteiger partial charge is 0.416 e. The van der Waals surface area contributed by atoms with Crippen LogP contribution < -0.4 is 0 Å². The van der Waals surface area contributed by atoms with Crippen molar-refractivity contribution in [2.24, 2.45) is 0 Å². The third-order valence-corrected chi connectivity index (χ3v) is 1.81. The highest BCUT2D eigenvalue weighted by Crippen LogP contribution is 2.09. The van der Waals surface area contributed by atoms with E-state index in [1.165, 1.54) is 16.7 Å². The number of amides is 1. The quantitative estimate of drug-likeness (QED) is 0.420. The van der Waals surface area contributed by atoms with Crippen LogP contribution in [0.2, 0.25) is 0 Å². The highest BCUT2D eigenvalue weighted by atomic mass is 32.2. The normalized spacial score (nSPS) is 17.3. The predicted molar refractivity (Wildman–Crippen MR) is 39.3 cm³/mol. The summed E-state index contributed by atoms with van der Waals surface area (Å²) in [5.41, 5.74) is 0. The number of nitrogens with zero attached hydrogens (tertiary/aromatic N) is 1. The molecule has 0 unspecified atom stereocenters. The number of cyclic esters (lactones) is 1. The lowest BCUT2D eigenvalue weighted by atomic mass is 10.7. The molecule has 1 rings (SSSR count). The molecule has 5 heteroatoms. The van der Waals surface area contributed by atoms with Crippen LogP contribution >= 0.6 is 11.8 Å². The zero-order valence-electron chi connectivity index (χ0n) is 5.59. The first-order chi connectivity index (χ1) is 4.75. The molecule has 0 aromatic rings. The van der Waals surface area contributed by atoms with Crippen LogP contribution in [0.5, 0.6) is 0 Å². The monoisotopic (exact) mass is 160 g/mol. The van der Waals surface area contributed by atoms with Crippen LogP contribution in [0.3, 0.4) is 0 Å². The molecule has 4 nitrogen and oxygen atoms in total. The molecule has 0 radical (unpaired) electrons. The van der Waals surface area contributed by atoms with Gasteiger partial charge in [-0.15, -0.1) is 0 Å². The zero-order chi connectivity index (χ0) is 7.56. The summed E-state index contributed by atoms with van der Waals surface area (Å²) in [7, 11) is 0. The van der Waals surface area contributed by atoms with Crippen LogP contribution in [0, 0.1) is 5.41 Å². The van der Waals surface area contributed by atoms with Gasteiger partial charge >= 0.3 is 6.09 Å². The van der Waals surface area contributed by atoms with Crippen LogP contribution in [0.15, 0.2) is 0 Å². The van der Waals surface area contributed by atoms with Gasteiger partial charge in [0.25, 0.3) is 0 Å². The van der Waals surface area contributed by atoms with Crippen LogP contribution in [-0.4, -0.2) is 35.6 Å². The summed E-state index contributed by atoms with van der Waals surface area (Å²) in [6.45, 7) is 0.917. The Kier molecular flexibility index (Phi) is 2.16. The Hall–Kier alpha value is -0.710.